The van der Waals surface area contributed by atoms with Gasteiger partial charge in [-0.1, -0.05) is 78.2 Å². The van der Waals surface area contributed by atoms with Gasteiger partial charge in [-0.3, -0.25) is 9.80 Å². The monoisotopic (exact) mass is 353 g/mol. The topological polar surface area (TPSA) is 26.8 Å². The van der Waals surface area contributed by atoms with Gasteiger partial charge in [-0.2, -0.15) is 5.12 Å². The first kappa shape index (κ1) is 24.1. The maximum absolute atomic E-state index is 12.4. The van der Waals surface area contributed by atoms with Gasteiger partial charge < -0.3 is 0 Å². The fourth-order valence-corrected chi connectivity index (χ4v) is 3.03. The molecule has 4 heteroatoms. The Kier molecular flexibility index (Phi) is 14.9. The van der Waals surface area contributed by atoms with E-state index in [0.29, 0.717) is 5.57 Å². The second-order valence-electron chi connectivity index (χ2n) is 7.33. The molecule has 0 spiro atoms. The number of hydrogen-bond donors (Lipinski definition) is 0. The Balaban J connectivity index is 4.10. The number of unbranched alkanes of at least 4 members (excludes halogenated alkanes) is 9. The third kappa shape index (κ3) is 11.4. The Labute approximate surface area is 157 Å². The minimum atomic E-state index is 0.0302. The van der Waals surface area contributed by atoms with Gasteiger partial charge in [0.05, 0.1) is 0 Å². The van der Waals surface area contributed by atoms with Crippen molar-refractivity contribution in [2.75, 3.05) is 27.2 Å². The first-order valence-electron chi connectivity index (χ1n) is 10.4. The van der Waals surface area contributed by atoms with E-state index in [4.69, 9.17) is 0 Å². The minimum absolute atomic E-state index is 0.0302. The van der Waals surface area contributed by atoms with Gasteiger partial charge in [-0.15, -0.1) is 0 Å². The normalized spacial score (nSPS) is 11.3. The molecule has 0 saturated heterocycles. The van der Waals surface area contributed by atoms with Gasteiger partial charge in [-0.05, 0) is 19.8 Å². The van der Waals surface area contributed by atoms with Crippen LogP contribution in [-0.2, 0) is 4.79 Å². The molecule has 0 aliphatic heterocycles. The Morgan fingerprint density at radius 2 is 1.24 bits per heavy atom. The van der Waals surface area contributed by atoms with Crippen molar-refractivity contribution >= 4 is 5.91 Å². The Bertz CT molecular complexity index is 355. The molecule has 0 N–H and O–H groups in total. The number of nitrogens with zero attached hydrogens (tertiary/aromatic N) is 3. The third-order valence-electron chi connectivity index (χ3n) is 4.49. The van der Waals surface area contributed by atoms with E-state index in [0.717, 1.165) is 25.9 Å². The number of carbonyl (C=O) groups excluding carboxylic acids is 1. The zero-order valence-corrected chi connectivity index (χ0v) is 17.6. The van der Waals surface area contributed by atoms with E-state index < -0.39 is 0 Å². The molecule has 0 heterocycles. The molecule has 0 unspecified atom stereocenters. The van der Waals surface area contributed by atoms with Crippen LogP contribution in [0.25, 0.3) is 0 Å². The summed E-state index contributed by atoms with van der Waals surface area (Å²) in [5, 5.41) is 5.94. The van der Waals surface area contributed by atoms with E-state index in [9.17, 15) is 4.79 Å². The van der Waals surface area contributed by atoms with Gasteiger partial charge in [0.1, 0.15) is 0 Å². The van der Waals surface area contributed by atoms with E-state index in [1.807, 2.05) is 24.1 Å². The molecule has 25 heavy (non-hydrogen) atoms. The van der Waals surface area contributed by atoms with Gasteiger partial charge in [-0.25, -0.2) is 5.01 Å². The van der Waals surface area contributed by atoms with Crippen LogP contribution >= 0.6 is 0 Å². The number of hydrazine groups is 2. The van der Waals surface area contributed by atoms with E-state index in [1.165, 1.54) is 57.8 Å². The molecular weight excluding hydrogens is 310 g/mol. The Morgan fingerprint density at radius 3 is 1.64 bits per heavy atom. The Hall–Kier alpha value is -0.870. The minimum Gasteiger partial charge on any atom is -0.268 e. The molecule has 1 amide bonds. The molecule has 148 valence electrons. The van der Waals surface area contributed by atoms with Crippen LogP contribution in [0.4, 0.5) is 0 Å². The average Bonchev–Trinajstić information content (AvgIpc) is 2.57. The quantitative estimate of drug-likeness (QED) is 0.211. The fraction of sp³-hybridized carbons (Fsp3) is 0.857. The van der Waals surface area contributed by atoms with Gasteiger partial charge in [0.2, 0.25) is 0 Å². The Morgan fingerprint density at radius 1 is 0.760 bits per heavy atom. The SMILES string of the molecule is C=C(C)C(=O)N(CCC)N(CCCCCCCCCCCC)N(C)C. The van der Waals surface area contributed by atoms with Crippen molar-refractivity contribution in [1.82, 2.24) is 15.1 Å². The summed E-state index contributed by atoms with van der Waals surface area (Å²) in [5.74, 6) is 0.0302. The van der Waals surface area contributed by atoms with Crippen molar-refractivity contribution < 1.29 is 4.79 Å². The van der Waals surface area contributed by atoms with E-state index in [-0.39, 0.29) is 5.91 Å². The first-order chi connectivity index (χ1) is 12.0. The highest BCUT2D eigenvalue weighted by atomic mass is 16.2. The van der Waals surface area contributed by atoms with Crippen LogP contribution in [0.5, 0.6) is 0 Å². The van der Waals surface area contributed by atoms with Crippen molar-refractivity contribution in [1.29, 1.82) is 0 Å². The van der Waals surface area contributed by atoms with Gasteiger partial charge in [0, 0.05) is 32.8 Å². The van der Waals surface area contributed by atoms with Crippen LogP contribution in [0.3, 0.4) is 0 Å². The summed E-state index contributed by atoms with van der Waals surface area (Å²) in [6.45, 7) is 11.6. The largest absolute Gasteiger partial charge is 0.268 e. The molecule has 0 saturated carbocycles. The lowest BCUT2D eigenvalue weighted by atomic mass is 10.1. The van der Waals surface area contributed by atoms with Crippen molar-refractivity contribution in [3.05, 3.63) is 12.2 Å². The molecule has 0 aromatic heterocycles. The summed E-state index contributed by atoms with van der Waals surface area (Å²) in [6, 6.07) is 0. The summed E-state index contributed by atoms with van der Waals surface area (Å²) >= 11 is 0. The lowest BCUT2D eigenvalue weighted by Gasteiger charge is -2.39. The number of hydrogen-bond acceptors (Lipinski definition) is 3. The lowest BCUT2D eigenvalue weighted by molar-refractivity contribution is -0.180. The van der Waals surface area contributed by atoms with Crippen molar-refractivity contribution in [2.45, 2.75) is 91.4 Å². The molecular formula is C21H43N3O. The zero-order valence-electron chi connectivity index (χ0n) is 17.6. The molecule has 0 rings (SSSR count). The number of amides is 1. The second-order valence-corrected chi connectivity index (χ2v) is 7.33. The van der Waals surface area contributed by atoms with Crippen molar-refractivity contribution in [3.8, 4) is 0 Å². The molecule has 0 aromatic carbocycles. The summed E-state index contributed by atoms with van der Waals surface area (Å²) in [7, 11) is 4.01. The van der Waals surface area contributed by atoms with Crippen LogP contribution in [0, 0.1) is 0 Å². The molecule has 0 atom stereocenters. The van der Waals surface area contributed by atoms with Crippen LogP contribution in [0.15, 0.2) is 12.2 Å². The molecule has 0 radical (unpaired) electrons. The predicted octanol–water partition coefficient (Wildman–Crippen LogP) is 5.42. The summed E-state index contributed by atoms with van der Waals surface area (Å²) in [5.41, 5.74) is 0.600. The van der Waals surface area contributed by atoms with Gasteiger partial charge in [0.25, 0.3) is 5.91 Å². The number of rotatable bonds is 16. The number of carbonyl (C=O) groups is 1. The van der Waals surface area contributed by atoms with E-state index in [2.05, 4.69) is 25.5 Å². The van der Waals surface area contributed by atoms with Crippen LogP contribution in [0.1, 0.15) is 91.4 Å². The highest BCUT2D eigenvalue weighted by Gasteiger charge is 2.22. The lowest BCUT2D eigenvalue weighted by Crippen LogP contribution is -2.53. The molecule has 0 bridgehead atoms. The van der Waals surface area contributed by atoms with Crippen LogP contribution in [-0.4, -0.2) is 48.2 Å². The van der Waals surface area contributed by atoms with Gasteiger partial charge >= 0.3 is 0 Å². The molecule has 0 aliphatic rings. The van der Waals surface area contributed by atoms with Crippen LogP contribution in [0.2, 0.25) is 0 Å². The summed E-state index contributed by atoms with van der Waals surface area (Å²) in [6.07, 6.45) is 14.2. The predicted molar refractivity (Wildman–Crippen MR) is 109 cm³/mol. The van der Waals surface area contributed by atoms with Crippen molar-refractivity contribution in [2.24, 2.45) is 0 Å². The molecule has 0 aromatic rings. The van der Waals surface area contributed by atoms with E-state index >= 15 is 0 Å². The van der Waals surface area contributed by atoms with Crippen LogP contribution < -0.4 is 0 Å². The summed E-state index contributed by atoms with van der Waals surface area (Å²) in [4.78, 5) is 12.4. The molecule has 0 aliphatic carbocycles. The second kappa shape index (κ2) is 15.4. The molecule has 4 nitrogen and oxygen atoms in total. The average molecular weight is 354 g/mol. The standard InChI is InChI=1S/C21H43N3O/c1-7-9-10-11-12-13-14-15-16-17-19-24(22(5)6)23(18-8-2)21(25)20(3)4/h3,7-19H2,1-2,4-6H3. The highest BCUT2D eigenvalue weighted by Crippen LogP contribution is 2.13. The van der Waals surface area contributed by atoms with Crippen molar-refractivity contribution in [3.63, 3.8) is 0 Å². The molecule has 0 fully saturated rings. The van der Waals surface area contributed by atoms with E-state index in [1.54, 1.807) is 6.92 Å². The smallest absolute Gasteiger partial charge is 0.264 e. The maximum atomic E-state index is 12.4. The first-order valence-corrected chi connectivity index (χ1v) is 10.4. The highest BCUT2D eigenvalue weighted by molar-refractivity contribution is 5.91. The zero-order chi connectivity index (χ0) is 19.1. The summed E-state index contributed by atoms with van der Waals surface area (Å²) < 4.78 is 0. The third-order valence-corrected chi connectivity index (χ3v) is 4.49. The maximum Gasteiger partial charge on any atom is 0.264 e. The van der Waals surface area contributed by atoms with Gasteiger partial charge in [0.15, 0.2) is 0 Å². The fourth-order valence-electron chi connectivity index (χ4n) is 3.03.